The summed E-state index contributed by atoms with van der Waals surface area (Å²) >= 11 is 0. The molecule has 0 unspecified atom stereocenters. The third-order valence-corrected chi connectivity index (χ3v) is 6.23. The second-order valence-corrected chi connectivity index (χ2v) is 8.54. The van der Waals surface area contributed by atoms with Crippen LogP contribution in [-0.4, -0.2) is 17.1 Å². The molecule has 0 atom stereocenters. The predicted molar refractivity (Wildman–Crippen MR) is 124 cm³/mol. The minimum absolute atomic E-state index is 0.329. The molecule has 0 amide bonds. The van der Waals surface area contributed by atoms with Crippen molar-refractivity contribution in [1.29, 1.82) is 0 Å². The van der Waals surface area contributed by atoms with E-state index in [1.807, 2.05) is 19.9 Å². The molecule has 0 saturated heterocycles. The first-order valence-corrected chi connectivity index (χ1v) is 11.0. The lowest BCUT2D eigenvalue weighted by Gasteiger charge is -2.16. The number of nitrogens with zero attached hydrogens (tertiary/aromatic N) is 1. The molecule has 0 spiro atoms. The molecule has 0 aliphatic carbocycles. The molecule has 1 heterocycles. The number of carboxylic acids is 1. The van der Waals surface area contributed by atoms with Crippen molar-refractivity contribution in [3.8, 4) is 0 Å². The van der Waals surface area contributed by atoms with Crippen LogP contribution in [0, 0.1) is 34.6 Å². The zero-order valence-electron chi connectivity index (χ0n) is 19.3. The fraction of sp³-hybridized carbons (Fsp3) is 0.370. The molecule has 2 aromatic carbocycles. The van der Waals surface area contributed by atoms with Gasteiger partial charge >= 0.3 is 0 Å². The molecule has 4 heteroatoms. The zero-order valence-corrected chi connectivity index (χ0v) is 19.3. The number of aryl methyl sites for hydroxylation is 4. The molecule has 31 heavy (non-hydrogen) atoms. The maximum Gasteiger partial charge on any atom is 0.0736 e. The standard InChI is InChI=1S/C27H34N2O2/c1-18-14-19(2)25(20(3)15-18)17-29-21(4)24(26(22(29)5)27(30)31)16-28-13-9-12-23-10-7-6-8-11-23/h6-8,10-11,14-15,28H,9,12-13,16-17H2,1-5H3,(H,30,31)/p-1. The SMILES string of the molecule is Cc1cc(C)c(Cn2c(C)c(CNCCCc3ccccc3)c(C(=O)[O-])c2C)c(C)c1. The summed E-state index contributed by atoms with van der Waals surface area (Å²) in [5.41, 5.74) is 9.21. The van der Waals surface area contributed by atoms with E-state index in [2.05, 4.69) is 67.1 Å². The van der Waals surface area contributed by atoms with E-state index in [0.717, 1.165) is 36.3 Å². The Morgan fingerprint density at radius 1 is 0.935 bits per heavy atom. The van der Waals surface area contributed by atoms with Gasteiger partial charge in [0.1, 0.15) is 0 Å². The molecule has 0 aliphatic rings. The molecular weight excluding hydrogens is 384 g/mol. The van der Waals surface area contributed by atoms with E-state index in [4.69, 9.17) is 0 Å². The zero-order chi connectivity index (χ0) is 22.5. The summed E-state index contributed by atoms with van der Waals surface area (Å²) in [5.74, 6) is -1.10. The molecule has 1 N–H and O–H groups in total. The maximum atomic E-state index is 12.0. The van der Waals surface area contributed by atoms with Crippen molar-refractivity contribution in [3.63, 3.8) is 0 Å². The number of aromatic nitrogens is 1. The van der Waals surface area contributed by atoms with E-state index in [9.17, 15) is 9.90 Å². The van der Waals surface area contributed by atoms with Gasteiger partial charge in [-0.1, -0.05) is 48.0 Å². The maximum absolute atomic E-state index is 12.0. The van der Waals surface area contributed by atoms with Gasteiger partial charge in [0.2, 0.25) is 0 Å². The van der Waals surface area contributed by atoms with Crippen LogP contribution in [-0.2, 0) is 19.5 Å². The van der Waals surface area contributed by atoms with E-state index in [-0.39, 0.29) is 0 Å². The van der Waals surface area contributed by atoms with Gasteiger partial charge in [0, 0.05) is 30.0 Å². The number of hydrogen-bond donors (Lipinski definition) is 1. The van der Waals surface area contributed by atoms with Gasteiger partial charge in [0.25, 0.3) is 0 Å². The van der Waals surface area contributed by atoms with E-state index >= 15 is 0 Å². The molecule has 0 aliphatic heterocycles. The Hall–Kier alpha value is -2.85. The Labute approximate surface area is 185 Å². The molecule has 3 rings (SSSR count). The van der Waals surface area contributed by atoms with Crippen molar-refractivity contribution >= 4 is 5.97 Å². The van der Waals surface area contributed by atoms with Crippen LogP contribution < -0.4 is 10.4 Å². The van der Waals surface area contributed by atoms with Gasteiger partial charge in [-0.25, -0.2) is 0 Å². The molecule has 0 bridgehead atoms. The molecule has 0 radical (unpaired) electrons. The number of carboxylic acid groups (broad SMARTS) is 1. The van der Waals surface area contributed by atoms with Crippen LogP contribution in [0.5, 0.6) is 0 Å². The van der Waals surface area contributed by atoms with Crippen molar-refractivity contribution in [2.45, 2.75) is 60.5 Å². The van der Waals surface area contributed by atoms with Crippen molar-refractivity contribution in [1.82, 2.24) is 9.88 Å². The van der Waals surface area contributed by atoms with Crippen LogP contribution in [0.2, 0.25) is 0 Å². The van der Waals surface area contributed by atoms with Crippen LogP contribution >= 0.6 is 0 Å². The highest BCUT2D eigenvalue weighted by atomic mass is 16.4. The van der Waals surface area contributed by atoms with Gasteiger partial charge in [0.05, 0.1) is 5.97 Å². The lowest BCUT2D eigenvalue weighted by atomic mass is 9.99. The van der Waals surface area contributed by atoms with Gasteiger partial charge in [-0.3, -0.25) is 0 Å². The van der Waals surface area contributed by atoms with E-state index in [1.165, 1.54) is 27.8 Å². The lowest BCUT2D eigenvalue weighted by molar-refractivity contribution is -0.255. The molecule has 1 aromatic heterocycles. The molecular formula is C27H33N2O2-. The quantitative estimate of drug-likeness (QED) is 0.532. The average Bonchev–Trinajstić information content (AvgIpc) is 2.95. The molecule has 0 saturated carbocycles. The smallest absolute Gasteiger partial charge is 0.0736 e. The van der Waals surface area contributed by atoms with Crippen LogP contribution in [0.3, 0.4) is 0 Å². The monoisotopic (exact) mass is 417 g/mol. The second-order valence-electron chi connectivity index (χ2n) is 8.54. The van der Waals surface area contributed by atoms with Gasteiger partial charge in [0.15, 0.2) is 0 Å². The first kappa shape index (κ1) is 22.8. The summed E-state index contributed by atoms with van der Waals surface area (Å²) in [6.45, 7) is 12.3. The van der Waals surface area contributed by atoms with Crippen molar-refractivity contribution in [2.75, 3.05) is 6.54 Å². The van der Waals surface area contributed by atoms with Gasteiger partial charge in [-0.05, 0) is 81.8 Å². The Balaban J connectivity index is 1.76. The molecule has 4 nitrogen and oxygen atoms in total. The first-order chi connectivity index (χ1) is 14.8. The minimum Gasteiger partial charge on any atom is -0.545 e. The highest BCUT2D eigenvalue weighted by Crippen LogP contribution is 2.26. The summed E-state index contributed by atoms with van der Waals surface area (Å²) in [5, 5.41) is 15.4. The highest BCUT2D eigenvalue weighted by molar-refractivity contribution is 5.89. The van der Waals surface area contributed by atoms with Crippen molar-refractivity contribution in [2.24, 2.45) is 0 Å². The van der Waals surface area contributed by atoms with Crippen LogP contribution in [0.1, 0.15) is 61.5 Å². The van der Waals surface area contributed by atoms with E-state index in [1.54, 1.807) is 0 Å². The second kappa shape index (κ2) is 9.97. The van der Waals surface area contributed by atoms with Crippen LogP contribution in [0.4, 0.5) is 0 Å². The number of carbonyl (C=O) groups excluding carboxylic acids is 1. The third-order valence-electron chi connectivity index (χ3n) is 6.23. The number of aromatic carboxylic acids is 1. The largest absolute Gasteiger partial charge is 0.545 e. The molecule has 164 valence electrons. The number of nitrogens with one attached hydrogen (secondary N) is 1. The Morgan fingerprint density at radius 2 is 1.58 bits per heavy atom. The average molecular weight is 418 g/mol. The van der Waals surface area contributed by atoms with Crippen LogP contribution in [0.25, 0.3) is 0 Å². The number of rotatable bonds is 9. The van der Waals surface area contributed by atoms with Gasteiger partial charge in [-0.15, -0.1) is 0 Å². The Kier molecular flexibility index (Phi) is 7.34. The summed E-state index contributed by atoms with van der Waals surface area (Å²) in [6, 6.07) is 14.8. The van der Waals surface area contributed by atoms with Crippen molar-refractivity contribution < 1.29 is 9.90 Å². The molecule has 3 aromatic rings. The van der Waals surface area contributed by atoms with Crippen molar-refractivity contribution in [3.05, 3.63) is 92.8 Å². The number of benzene rings is 2. The number of hydrogen-bond acceptors (Lipinski definition) is 3. The van der Waals surface area contributed by atoms with Gasteiger partial charge < -0.3 is 19.8 Å². The normalized spacial score (nSPS) is 11.1. The lowest BCUT2D eigenvalue weighted by Crippen LogP contribution is -2.26. The third kappa shape index (κ3) is 5.26. The Bertz CT molecular complexity index is 1040. The summed E-state index contributed by atoms with van der Waals surface area (Å²) < 4.78 is 2.12. The highest BCUT2D eigenvalue weighted by Gasteiger charge is 2.19. The van der Waals surface area contributed by atoms with E-state index in [0.29, 0.717) is 18.7 Å². The summed E-state index contributed by atoms with van der Waals surface area (Å²) in [7, 11) is 0. The Morgan fingerprint density at radius 3 is 2.19 bits per heavy atom. The topological polar surface area (TPSA) is 57.1 Å². The minimum atomic E-state index is -1.10. The summed E-state index contributed by atoms with van der Waals surface area (Å²) in [4.78, 5) is 12.0. The molecule has 0 fully saturated rings. The van der Waals surface area contributed by atoms with E-state index < -0.39 is 5.97 Å². The summed E-state index contributed by atoms with van der Waals surface area (Å²) in [6.07, 6.45) is 2.01. The van der Waals surface area contributed by atoms with Crippen LogP contribution in [0.15, 0.2) is 42.5 Å². The first-order valence-electron chi connectivity index (χ1n) is 11.0. The predicted octanol–water partition coefficient (Wildman–Crippen LogP) is 4.16. The fourth-order valence-corrected chi connectivity index (χ4v) is 4.57. The fourth-order valence-electron chi connectivity index (χ4n) is 4.57. The number of carbonyl (C=O) groups is 1. The van der Waals surface area contributed by atoms with Gasteiger partial charge in [-0.2, -0.15) is 0 Å².